The molecule has 0 aliphatic carbocycles. The van der Waals surface area contributed by atoms with Gasteiger partial charge in [-0.05, 0) is 30.3 Å². The van der Waals surface area contributed by atoms with Gasteiger partial charge in [0, 0.05) is 16.2 Å². The van der Waals surface area contributed by atoms with Crippen LogP contribution in [0.25, 0.3) is 0 Å². The lowest BCUT2D eigenvalue weighted by molar-refractivity contribution is -0.123. The van der Waals surface area contributed by atoms with E-state index in [-0.39, 0.29) is 6.42 Å². The molecule has 0 heterocycles. The van der Waals surface area contributed by atoms with Crippen LogP contribution in [0, 0.1) is 0 Å². The third-order valence-electron chi connectivity index (χ3n) is 3.11. The van der Waals surface area contributed by atoms with Gasteiger partial charge in [0.25, 0.3) is 0 Å². The first-order valence-electron chi connectivity index (χ1n) is 7.09. The summed E-state index contributed by atoms with van der Waals surface area (Å²) in [7, 11) is 3.02. The van der Waals surface area contributed by atoms with Crippen molar-refractivity contribution in [3.05, 3.63) is 46.9 Å². The first-order chi connectivity index (χ1) is 11.5. The fourth-order valence-corrected chi connectivity index (χ4v) is 2.42. The fourth-order valence-electron chi connectivity index (χ4n) is 2.02. The van der Waals surface area contributed by atoms with E-state index in [1.54, 1.807) is 36.4 Å². The molecule has 2 rings (SSSR count). The number of nitrogens with one attached hydrogen (secondary N) is 2. The molecule has 0 saturated heterocycles. The predicted molar refractivity (Wildman–Crippen MR) is 95.6 cm³/mol. The predicted octanol–water partition coefficient (Wildman–Crippen LogP) is 3.43. The quantitative estimate of drug-likeness (QED) is 0.738. The molecular weight excluding hydrogens is 376 g/mol. The van der Waals surface area contributed by atoms with Crippen LogP contribution in [0.2, 0.25) is 0 Å². The van der Waals surface area contributed by atoms with Crippen LogP contribution in [0.5, 0.6) is 11.5 Å². The maximum atomic E-state index is 12.1. The van der Waals surface area contributed by atoms with Crippen molar-refractivity contribution in [3.8, 4) is 11.5 Å². The van der Waals surface area contributed by atoms with Gasteiger partial charge in [-0.2, -0.15) is 0 Å². The molecule has 2 amide bonds. The van der Waals surface area contributed by atoms with Gasteiger partial charge in [-0.3, -0.25) is 9.59 Å². The normalized spacial score (nSPS) is 9.96. The molecule has 2 N–H and O–H groups in total. The molecule has 0 radical (unpaired) electrons. The Bertz CT molecular complexity index is 749. The molecule has 7 heteroatoms. The summed E-state index contributed by atoms with van der Waals surface area (Å²) in [6.07, 6.45) is -0.313. The molecule has 0 fully saturated rings. The van der Waals surface area contributed by atoms with Gasteiger partial charge in [0.2, 0.25) is 11.8 Å². The zero-order valence-corrected chi connectivity index (χ0v) is 14.8. The standard InChI is InChI=1S/C17H17BrN2O4/c1-23-13-6-7-15(24-2)14(9-13)20-17(22)10-16(21)19-12-5-3-4-11(18)8-12/h3-9H,10H2,1-2H3,(H,19,21)(H,20,22). The van der Waals surface area contributed by atoms with Crippen molar-refractivity contribution < 1.29 is 19.1 Å². The first kappa shape index (κ1) is 17.8. The van der Waals surface area contributed by atoms with Crippen LogP contribution in [-0.4, -0.2) is 26.0 Å². The molecular formula is C17H17BrN2O4. The van der Waals surface area contributed by atoms with Gasteiger partial charge in [0.15, 0.2) is 0 Å². The van der Waals surface area contributed by atoms with Gasteiger partial charge in [0.1, 0.15) is 17.9 Å². The minimum absolute atomic E-state index is 0.313. The Kier molecular flexibility index (Phi) is 6.20. The molecule has 0 aliphatic rings. The Balaban J connectivity index is 1.99. The van der Waals surface area contributed by atoms with Crippen LogP contribution in [0.1, 0.15) is 6.42 Å². The highest BCUT2D eigenvalue weighted by Crippen LogP contribution is 2.29. The van der Waals surface area contributed by atoms with Gasteiger partial charge < -0.3 is 20.1 Å². The summed E-state index contributed by atoms with van der Waals surface area (Å²) < 4.78 is 11.1. The van der Waals surface area contributed by atoms with Crippen molar-refractivity contribution in [1.82, 2.24) is 0 Å². The summed E-state index contributed by atoms with van der Waals surface area (Å²) in [6, 6.07) is 12.2. The van der Waals surface area contributed by atoms with Crippen LogP contribution in [0.3, 0.4) is 0 Å². The first-order valence-corrected chi connectivity index (χ1v) is 7.88. The monoisotopic (exact) mass is 392 g/mol. The molecule has 0 aliphatic heterocycles. The van der Waals surface area contributed by atoms with Crippen LogP contribution in [-0.2, 0) is 9.59 Å². The van der Waals surface area contributed by atoms with Crippen molar-refractivity contribution >= 4 is 39.1 Å². The molecule has 0 unspecified atom stereocenters. The van der Waals surface area contributed by atoms with Crippen LogP contribution in [0.4, 0.5) is 11.4 Å². The number of hydrogen-bond acceptors (Lipinski definition) is 4. The van der Waals surface area contributed by atoms with E-state index in [1.807, 2.05) is 6.07 Å². The lowest BCUT2D eigenvalue weighted by atomic mass is 10.2. The lowest BCUT2D eigenvalue weighted by Crippen LogP contribution is -2.21. The average molecular weight is 393 g/mol. The third-order valence-corrected chi connectivity index (χ3v) is 3.60. The summed E-state index contributed by atoms with van der Waals surface area (Å²) in [5.41, 5.74) is 1.05. The van der Waals surface area contributed by atoms with Gasteiger partial charge in [-0.15, -0.1) is 0 Å². The molecule has 0 bridgehead atoms. The largest absolute Gasteiger partial charge is 0.497 e. The zero-order valence-electron chi connectivity index (χ0n) is 13.3. The molecule has 2 aromatic rings. The summed E-state index contributed by atoms with van der Waals surface area (Å²) in [5, 5.41) is 5.32. The van der Waals surface area contributed by atoms with E-state index >= 15 is 0 Å². The van der Waals surface area contributed by atoms with Crippen LogP contribution in [0.15, 0.2) is 46.9 Å². The molecule has 0 atom stereocenters. The van der Waals surface area contributed by atoms with E-state index in [1.165, 1.54) is 14.2 Å². The number of amides is 2. The number of carbonyl (C=O) groups excluding carboxylic acids is 2. The number of hydrogen-bond donors (Lipinski definition) is 2. The van der Waals surface area contributed by atoms with Crippen molar-refractivity contribution in [2.45, 2.75) is 6.42 Å². The maximum absolute atomic E-state index is 12.1. The second-order valence-electron chi connectivity index (χ2n) is 4.85. The van der Waals surface area contributed by atoms with Gasteiger partial charge in [-0.25, -0.2) is 0 Å². The number of methoxy groups -OCH3 is 2. The average Bonchev–Trinajstić information content (AvgIpc) is 2.54. The Morgan fingerprint density at radius 3 is 2.42 bits per heavy atom. The van der Waals surface area contributed by atoms with E-state index in [0.29, 0.717) is 22.9 Å². The smallest absolute Gasteiger partial charge is 0.233 e. The van der Waals surface area contributed by atoms with E-state index in [0.717, 1.165) is 4.47 Å². The van der Waals surface area contributed by atoms with Crippen LogP contribution < -0.4 is 20.1 Å². The molecule has 0 saturated carbocycles. The molecule has 126 valence electrons. The Morgan fingerprint density at radius 2 is 1.75 bits per heavy atom. The highest BCUT2D eigenvalue weighted by Gasteiger charge is 2.13. The Labute approximate surface area is 148 Å². The lowest BCUT2D eigenvalue weighted by Gasteiger charge is -2.12. The topological polar surface area (TPSA) is 76.7 Å². The Morgan fingerprint density at radius 1 is 1.00 bits per heavy atom. The molecule has 6 nitrogen and oxygen atoms in total. The highest BCUT2D eigenvalue weighted by molar-refractivity contribution is 9.10. The number of carbonyl (C=O) groups is 2. The number of benzene rings is 2. The zero-order chi connectivity index (χ0) is 17.5. The number of ether oxygens (including phenoxy) is 2. The summed E-state index contributed by atoms with van der Waals surface area (Å²) in [5.74, 6) is 0.197. The van der Waals surface area contributed by atoms with Crippen molar-refractivity contribution in [3.63, 3.8) is 0 Å². The van der Waals surface area contributed by atoms with Gasteiger partial charge in [0.05, 0.1) is 19.9 Å². The summed E-state index contributed by atoms with van der Waals surface area (Å²) >= 11 is 3.32. The maximum Gasteiger partial charge on any atom is 0.233 e. The van der Waals surface area contributed by atoms with E-state index in [9.17, 15) is 9.59 Å². The number of halogens is 1. The Hall–Kier alpha value is -2.54. The van der Waals surface area contributed by atoms with Crippen molar-refractivity contribution in [2.75, 3.05) is 24.9 Å². The van der Waals surface area contributed by atoms with Crippen LogP contribution >= 0.6 is 15.9 Å². The second-order valence-corrected chi connectivity index (χ2v) is 5.77. The highest BCUT2D eigenvalue weighted by atomic mass is 79.9. The minimum Gasteiger partial charge on any atom is -0.497 e. The summed E-state index contributed by atoms with van der Waals surface area (Å²) in [6.45, 7) is 0. The SMILES string of the molecule is COc1ccc(OC)c(NC(=O)CC(=O)Nc2cccc(Br)c2)c1. The number of rotatable bonds is 6. The molecule has 0 aromatic heterocycles. The minimum atomic E-state index is -0.450. The number of anilines is 2. The fraction of sp³-hybridized carbons (Fsp3) is 0.176. The second kappa shape index (κ2) is 8.35. The molecule has 2 aromatic carbocycles. The molecule has 0 spiro atoms. The van der Waals surface area contributed by atoms with Gasteiger partial charge >= 0.3 is 0 Å². The van der Waals surface area contributed by atoms with Crippen molar-refractivity contribution in [2.24, 2.45) is 0 Å². The summed E-state index contributed by atoms with van der Waals surface area (Å²) in [4.78, 5) is 24.0. The van der Waals surface area contributed by atoms with Crippen molar-refractivity contribution in [1.29, 1.82) is 0 Å². The van der Waals surface area contributed by atoms with E-state index in [4.69, 9.17) is 9.47 Å². The molecule has 24 heavy (non-hydrogen) atoms. The van der Waals surface area contributed by atoms with E-state index < -0.39 is 11.8 Å². The third kappa shape index (κ3) is 4.99. The van der Waals surface area contributed by atoms with Gasteiger partial charge in [-0.1, -0.05) is 22.0 Å². The van der Waals surface area contributed by atoms with E-state index in [2.05, 4.69) is 26.6 Å².